The van der Waals surface area contributed by atoms with Crippen molar-refractivity contribution < 1.29 is 0 Å². The molecule has 0 bridgehead atoms. The van der Waals surface area contributed by atoms with Crippen LogP contribution in [0.4, 0.5) is 0 Å². The maximum atomic E-state index is 2.63. The van der Waals surface area contributed by atoms with Crippen molar-refractivity contribution in [1.29, 1.82) is 0 Å². The molecule has 20 rings (SSSR count). The van der Waals surface area contributed by atoms with Crippen molar-refractivity contribution in [2.24, 2.45) is 0 Å². The van der Waals surface area contributed by atoms with Crippen molar-refractivity contribution in [3.63, 3.8) is 0 Å². The van der Waals surface area contributed by atoms with Crippen molar-refractivity contribution in [1.82, 2.24) is 0 Å². The zero-order valence-corrected chi connectivity index (χ0v) is 88.6. The van der Waals surface area contributed by atoms with Crippen LogP contribution in [-0.2, 0) is 62.1 Å². The lowest BCUT2D eigenvalue weighted by atomic mass is 9.86. The van der Waals surface area contributed by atoms with Crippen LogP contribution in [0.15, 0.2) is 534 Å². The van der Waals surface area contributed by atoms with Gasteiger partial charge in [-0.1, -0.05) is 559 Å². The highest BCUT2D eigenvalue weighted by Crippen LogP contribution is 2.55. The van der Waals surface area contributed by atoms with Gasteiger partial charge in [-0.15, -0.1) is 0 Å². The largest absolute Gasteiger partial charge is 0.0622 e. The summed E-state index contributed by atoms with van der Waals surface area (Å²) in [4.78, 5) is 0. The first-order valence-electron chi connectivity index (χ1n) is 49.7. The second-order valence-electron chi connectivity index (χ2n) is 36.3. The number of benzene rings is 20. The molecule has 0 amide bonds. The average molecular weight is 1980 g/mol. The zero-order valence-electron chi connectivity index (χ0n) is 81.5. The SMILES string of the molecule is CCc1cc(CP(c2ccccc2)c2ccccc2)c(-c2c(CP(c3ccccc3)c3ccccc3)cc(CC)cc2CP(c2ccccc2)c2ccccc2)c(CP(c2ccccc2)c2ccccc2)c1.Cc1cc(CP(c2ccccc2)c2ccccc2)c(-c2c(CP(c3ccccc3)c3ccccc3)cc(C)cc2CP(c2ccccc2)c2ccccc2)c(CP(c2ccccc2)c2ccccc2)c1. The molecular formula is C134H120P8. The van der Waals surface area contributed by atoms with E-state index in [0.29, 0.717) is 0 Å². The molecule has 8 heteroatoms. The Kier molecular flexibility index (Phi) is 34.5. The molecule has 696 valence electrons. The fraction of sp³-hybridized carbons (Fsp3) is 0.104. The van der Waals surface area contributed by atoms with E-state index in [1.165, 1.54) is 174 Å². The van der Waals surface area contributed by atoms with Gasteiger partial charge in [0.2, 0.25) is 0 Å². The summed E-state index contributed by atoms with van der Waals surface area (Å²) in [5.41, 5.74) is 23.0. The van der Waals surface area contributed by atoms with Gasteiger partial charge in [0.1, 0.15) is 0 Å². The average Bonchev–Trinajstić information content (AvgIpc) is 0.752. The molecule has 0 N–H and O–H groups in total. The summed E-state index contributed by atoms with van der Waals surface area (Å²) >= 11 is 0. The van der Waals surface area contributed by atoms with E-state index in [4.69, 9.17) is 0 Å². The fourth-order valence-electron chi connectivity index (χ4n) is 20.0. The molecule has 0 aromatic heterocycles. The Morgan fingerprint density at radius 3 is 0.310 bits per heavy atom. The first-order chi connectivity index (χ1) is 70.2. The first-order valence-corrected chi connectivity index (χ1v) is 62.0. The van der Waals surface area contributed by atoms with Crippen molar-refractivity contribution in [2.45, 2.75) is 89.8 Å². The number of rotatable bonds is 36. The van der Waals surface area contributed by atoms with E-state index < -0.39 is 63.4 Å². The molecular weight excluding hydrogens is 1860 g/mol. The van der Waals surface area contributed by atoms with E-state index in [1.54, 1.807) is 0 Å². The van der Waals surface area contributed by atoms with E-state index in [0.717, 1.165) is 62.1 Å². The minimum atomic E-state index is -0.765. The molecule has 142 heavy (non-hydrogen) atoms. The van der Waals surface area contributed by atoms with Crippen LogP contribution in [0.5, 0.6) is 0 Å². The molecule has 20 aromatic rings. The van der Waals surface area contributed by atoms with Crippen LogP contribution in [0, 0.1) is 13.8 Å². The number of hydrogen-bond donors (Lipinski definition) is 0. The molecule has 0 aliphatic carbocycles. The van der Waals surface area contributed by atoms with Gasteiger partial charge in [0.25, 0.3) is 0 Å². The molecule has 0 heterocycles. The standard InChI is InChI=1S/C68H62P4.C66H58P4/c1-3-53-45-55(49-69(59-29-13-5-14-30-59)60-31-15-6-16-32-60)67(56(46-53)50-70(61-33-17-7-18-34-61)62-35-19-8-20-36-62)68-57(51-71(63-37-21-9-22-38-63)64-39-23-10-24-40-64)47-54(4-2)48-58(68)52-72(65-41-25-11-26-42-65)66-43-27-12-28-44-66;1-51-43-53(47-67(57-27-11-3-12-28-57)58-29-13-4-14-30-58)65(54(44-51)48-68(59-31-15-5-16-32-59)60-33-17-6-18-34-60)66-55(49-69(61-35-19-7-20-36-61)62-37-21-8-22-38-62)45-52(2)46-56(66)50-70(63-39-23-9-24-40-63)64-41-25-10-26-42-64/h5-48H,3-4,49-52H2,1-2H3;3-46H,47-50H2,1-2H3. The van der Waals surface area contributed by atoms with E-state index in [-0.39, 0.29) is 0 Å². The minimum Gasteiger partial charge on any atom is -0.0622 e. The summed E-state index contributed by atoms with van der Waals surface area (Å²) in [6.07, 6.45) is 9.47. The molecule has 20 aromatic carbocycles. The Balaban J connectivity index is 0.000000180. The summed E-state index contributed by atoms with van der Waals surface area (Å²) in [5, 5.41) is 22.6. The van der Waals surface area contributed by atoms with Crippen molar-refractivity contribution >= 4 is 148 Å². The fourth-order valence-corrected chi connectivity index (χ4v) is 38.5. The topological polar surface area (TPSA) is 0 Å². The third-order valence-corrected chi connectivity index (χ3v) is 46.6. The maximum absolute atomic E-state index is 2.63. The lowest BCUT2D eigenvalue weighted by molar-refractivity contribution is 1.10. The van der Waals surface area contributed by atoms with Gasteiger partial charge in [0, 0.05) is 49.3 Å². The highest BCUT2D eigenvalue weighted by atomic mass is 31.1. The minimum absolute atomic E-state index is 0.757. The maximum Gasteiger partial charge on any atom is 0.00138 e. The summed E-state index contributed by atoms with van der Waals surface area (Å²) in [7, 11) is -6.08. The van der Waals surface area contributed by atoms with Crippen molar-refractivity contribution in [3.8, 4) is 22.3 Å². The second-order valence-corrected chi connectivity index (χ2v) is 53.9. The van der Waals surface area contributed by atoms with Crippen LogP contribution in [0.2, 0.25) is 0 Å². The monoisotopic (exact) mass is 1980 g/mol. The van der Waals surface area contributed by atoms with E-state index in [9.17, 15) is 0 Å². The van der Waals surface area contributed by atoms with Crippen LogP contribution >= 0.6 is 63.4 Å². The van der Waals surface area contributed by atoms with Crippen LogP contribution in [0.3, 0.4) is 0 Å². The Hall–Kier alpha value is -12.2. The quantitative estimate of drug-likeness (QED) is 0.0343. The van der Waals surface area contributed by atoms with Gasteiger partial charge < -0.3 is 0 Å². The lowest BCUT2D eigenvalue weighted by Crippen LogP contribution is -2.17. The van der Waals surface area contributed by atoms with Gasteiger partial charge in [-0.05, 0) is 253 Å². The summed E-state index contributed by atoms with van der Waals surface area (Å²) in [6, 6.07) is 203. The third-order valence-electron chi connectivity index (χ3n) is 26.6. The molecule has 0 unspecified atom stereocenters. The van der Waals surface area contributed by atoms with Gasteiger partial charge >= 0.3 is 0 Å². The number of aryl methyl sites for hydroxylation is 4. The molecule has 0 aliphatic rings. The molecule has 0 spiro atoms. The smallest absolute Gasteiger partial charge is 0.00138 e. The van der Waals surface area contributed by atoms with E-state index in [1.807, 2.05) is 0 Å². The highest BCUT2D eigenvalue weighted by molar-refractivity contribution is 7.75. The molecule has 0 aliphatic heterocycles. The van der Waals surface area contributed by atoms with Crippen molar-refractivity contribution in [2.75, 3.05) is 0 Å². The summed E-state index contributed by atoms with van der Waals surface area (Å²) in [6.45, 7) is 9.37. The molecule has 0 saturated heterocycles. The molecule has 0 radical (unpaired) electrons. The van der Waals surface area contributed by atoms with Gasteiger partial charge in [-0.3, -0.25) is 0 Å². The molecule has 0 nitrogen and oxygen atoms in total. The predicted octanol–water partition coefficient (Wildman–Crippen LogP) is 29.5. The van der Waals surface area contributed by atoms with Crippen LogP contribution < -0.4 is 84.9 Å². The highest BCUT2D eigenvalue weighted by Gasteiger charge is 2.33. The normalized spacial score (nSPS) is 11.5. The molecule has 0 fully saturated rings. The van der Waals surface area contributed by atoms with Gasteiger partial charge in [-0.25, -0.2) is 0 Å². The number of hydrogen-bond acceptors (Lipinski definition) is 0. The van der Waals surface area contributed by atoms with E-state index >= 15 is 0 Å². The first kappa shape index (κ1) is 98.6. The Bertz CT molecular complexity index is 6150. The van der Waals surface area contributed by atoms with Crippen molar-refractivity contribution in [3.05, 3.63) is 601 Å². The van der Waals surface area contributed by atoms with Gasteiger partial charge in [0.15, 0.2) is 0 Å². The Morgan fingerprint density at radius 2 is 0.218 bits per heavy atom. The van der Waals surface area contributed by atoms with Crippen LogP contribution in [0.1, 0.15) is 80.6 Å². The zero-order chi connectivity index (χ0) is 96.4. The third kappa shape index (κ3) is 24.8. The predicted molar refractivity (Wildman–Crippen MR) is 634 cm³/mol. The molecule has 0 atom stereocenters. The Labute approximate surface area is 854 Å². The summed E-state index contributed by atoms with van der Waals surface area (Å²) < 4.78 is 0. The van der Waals surface area contributed by atoms with E-state index in [2.05, 4.69) is 562 Å². The van der Waals surface area contributed by atoms with Gasteiger partial charge in [-0.2, -0.15) is 0 Å². The van der Waals surface area contributed by atoms with Crippen LogP contribution in [0.25, 0.3) is 22.3 Å². The summed E-state index contributed by atoms with van der Waals surface area (Å²) in [5.74, 6) is 0. The van der Waals surface area contributed by atoms with Crippen LogP contribution in [-0.4, -0.2) is 0 Å². The lowest BCUT2D eigenvalue weighted by Gasteiger charge is -2.30. The Morgan fingerprint density at radius 1 is 0.127 bits per heavy atom. The second kappa shape index (κ2) is 49.7. The van der Waals surface area contributed by atoms with Gasteiger partial charge in [0.05, 0.1) is 0 Å². The molecule has 0 saturated carbocycles.